The number of carbonyl (C=O) groups excluding carboxylic acids is 1. The maximum atomic E-state index is 11.9. The summed E-state index contributed by atoms with van der Waals surface area (Å²) in [5, 5.41) is 3.18. The zero-order valence-corrected chi connectivity index (χ0v) is 13.5. The van der Waals surface area contributed by atoms with Gasteiger partial charge in [0.1, 0.15) is 0 Å². The minimum Gasteiger partial charge on any atom is -0.354 e. The zero-order valence-electron chi connectivity index (χ0n) is 12.7. The third-order valence-corrected chi connectivity index (χ3v) is 5.60. The van der Waals surface area contributed by atoms with E-state index in [-0.39, 0.29) is 17.5 Å². The predicted octanol–water partition coefficient (Wildman–Crippen LogP) is 1.59. The summed E-state index contributed by atoms with van der Waals surface area (Å²) in [7, 11) is 0. The van der Waals surface area contributed by atoms with Crippen molar-refractivity contribution in [3.05, 3.63) is 0 Å². The van der Waals surface area contributed by atoms with E-state index >= 15 is 0 Å². The lowest BCUT2D eigenvalue weighted by molar-refractivity contribution is -0.122. The predicted molar refractivity (Wildman–Crippen MR) is 86.0 cm³/mol. The lowest BCUT2D eigenvalue weighted by Crippen LogP contribution is -2.56. The highest BCUT2D eigenvalue weighted by Gasteiger charge is 2.40. The van der Waals surface area contributed by atoms with Crippen molar-refractivity contribution in [3.8, 4) is 0 Å². The molecular formula is C15H29N3OS. The normalized spacial score (nSPS) is 24.5. The molecule has 1 saturated heterocycles. The first-order valence-corrected chi connectivity index (χ1v) is 9.13. The molecule has 1 aliphatic carbocycles. The van der Waals surface area contributed by atoms with Crippen molar-refractivity contribution < 1.29 is 4.79 Å². The SMILES string of the molecule is CC(N)CCC(=O)NCC1(N2CCSCC2)CCCC1. The highest BCUT2D eigenvalue weighted by atomic mass is 32.2. The average Bonchev–Trinajstić information content (AvgIpc) is 2.94. The van der Waals surface area contributed by atoms with Crippen LogP contribution in [0.5, 0.6) is 0 Å². The van der Waals surface area contributed by atoms with Crippen molar-refractivity contribution in [1.29, 1.82) is 0 Å². The summed E-state index contributed by atoms with van der Waals surface area (Å²) in [4.78, 5) is 14.6. The third kappa shape index (κ3) is 4.37. The van der Waals surface area contributed by atoms with Gasteiger partial charge in [0.25, 0.3) is 0 Å². The van der Waals surface area contributed by atoms with Gasteiger partial charge in [0.2, 0.25) is 5.91 Å². The molecule has 1 heterocycles. The van der Waals surface area contributed by atoms with Gasteiger partial charge in [0.15, 0.2) is 0 Å². The molecule has 1 unspecified atom stereocenters. The second-order valence-electron chi connectivity index (χ2n) is 6.32. The molecular weight excluding hydrogens is 270 g/mol. The van der Waals surface area contributed by atoms with Gasteiger partial charge in [-0.1, -0.05) is 12.8 Å². The van der Waals surface area contributed by atoms with Crippen LogP contribution in [0.4, 0.5) is 0 Å². The highest BCUT2D eigenvalue weighted by molar-refractivity contribution is 7.99. The third-order valence-electron chi connectivity index (χ3n) is 4.66. The van der Waals surface area contributed by atoms with E-state index < -0.39 is 0 Å². The van der Waals surface area contributed by atoms with Gasteiger partial charge < -0.3 is 11.1 Å². The fourth-order valence-corrected chi connectivity index (χ4v) is 4.29. The van der Waals surface area contributed by atoms with Crippen LogP contribution in [0.1, 0.15) is 45.4 Å². The molecule has 1 atom stereocenters. The first kappa shape index (κ1) is 16.1. The lowest BCUT2D eigenvalue weighted by Gasteiger charge is -2.43. The Morgan fingerprint density at radius 1 is 1.35 bits per heavy atom. The number of hydrogen-bond donors (Lipinski definition) is 2. The summed E-state index contributed by atoms with van der Waals surface area (Å²) in [6, 6.07) is 0.111. The van der Waals surface area contributed by atoms with Crippen LogP contribution in [-0.2, 0) is 4.79 Å². The minimum atomic E-state index is 0.111. The summed E-state index contributed by atoms with van der Waals surface area (Å²) >= 11 is 2.05. The summed E-state index contributed by atoms with van der Waals surface area (Å²) in [6.45, 7) is 5.15. The van der Waals surface area contributed by atoms with Gasteiger partial charge in [0, 0.05) is 49.1 Å². The fourth-order valence-electron chi connectivity index (χ4n) is 3.39. The van der Waals surface area contributed by atoms with Crippen LogP contribution < -0.4 is 11.1 Å². The van der Waals surface area contributed by atoms with E-state index in [0.29, 0.717) is 6.42 Å². The van der Waals surface area contributed by atoms with E-state index in [1.807, 2.05) is 18.7 Å². The number of nitrogens with one attached hydrogen (secondary N) is 1. The molecule has 0 bridgehead atoms. The molecule has 116 valence electrons. The van der Waals surface area contributed by atoms with Crippen LogP contribution in [-0.4, -0.2) is 53.5 Å². The molecule has 0 spiro atoms. The average molecular weight is 299 g/mol. The van der Waals surface area contributed by atoms with Crippen molar-refractivity contribution in [2.24, 2.45) is 5.73 Å². The number of rotatable bonds is 6. The second-order valence-corrected chi connectivity index (χ2v) is 7.55. The first-order chi connectivity index (χ1) is 9.62. The van der Waals surface area contributed by atoms with Gasteiger partial charge in [-0.3, -0.25) is 9.69 Å². The van der Waals surface area contributed by atoms with Crippen molar-refractivity contribution in [2.75, 3.05) is 31.1 Å². The Hall–Kier alpha value is -0.260. The van der Waals surface area contributed by atoms with E-state index in [2.05, 4.69) is 10.2 Å². The lowest BCUT2D eigenvalue weighted by atomic mass is 9.94. The van der Waals surface area contributed by atoms with Gasteiger partial charge in [0.05, 0.1) is 0 Å². The molecule has 0 aromatic carbocycles. The molecule has 2 aliphatic rings. The fraction of sp³-hybridized carbons (Fsp3) is 0.933. The number of carbonyl (C=O) groups is 1. The van der Waals surface area contributed by atoms with E-state index in [4.69, 9.17) is 5.73 Å². The Morgan fingerprint density at radius 2 is 2.00 bits per heavy atom. The first-order valence-electron chi connectivity index (χ1n) is 7.97. The standard InChI is InChI=1S/C15H29N3OS/c1-13(16)4-5-14(19)17-12-15(6-2-3-7-15)18-8-10-20-11-9-18/h13H,2-12,16H2,1H3,(H,17,19). The molecule has 1 saturated carbocycles. The number of nitrogens with two attached hydrogens (primary N) is 1. The molecule has 2 rings (SSSR count). The molecule has 1 amide bonds. The van der Waals surface area contributed by atoms with E-state index in [1.165, 1.54) is 50.3 Å². The van der Waals surface area contributed by atoms with Crippen molar-refractivity contribution in [3.63, 3.8) is 0 Å². The molecule has 1 aliphatic heterocycles. The van der Waals surface area contributed by atoms with Crippen LogP contribution in [0.25, 0.3) is 0 Å². The van der Waals surface area contributed by atoms with Gasteiger partial charge in [-0.2, -0.15) is 11.8 Å². The Kier molecular flexibility index (Phi) is 6.18. The van der Waals surface area contributed by atoms with Gasteiger partial charge in [-0.25, -0.2) is 0 Å². The summed E-state index contributed by atoms with van der Waals surface area (Å²) in [5.41, 5.74) is 5.95. The number of hydrogen-bond acceptors (Lipinski definition) is 4. The van der Waals surface area contributed by atoms with Crippen molar-refractivity contribution in [2.45, 2.75) is 57.0 Å². The molecule has 2 fully saturated rings. The number of thioether (sulfide) groups is 1. The van der Waals surface area contributed by atoms with Crippen molar-refractivity contribution >= 4 is 17.7 Å². The van der Waals surface area contributed by atoms with Crippen LogP contribution in [0.3, 0.4) is 0 Å². The van der Waals surface area contributed by atoms with Crippen LogP contribution >= 0.6 is 11.8 Å². The zero-order chi connectivity index (χ0) is 14.4. The molecule has 0 radical (unpaired) electrons. The maximum Gasteiger partial charge on any atom is 0.220 e. The summed E-state index contributed by atoms with van der Waals surface area (Å²) in [6.07, 6.45) is 6.43. The smallest absolute Gasteiger partial charge is 0.220 e. The Balaban J connectivity index is 1.84. The molecule has 0 aromatic rings. The van der Waals surface area contributed by atoms with Gasteiger partial charge in [-0.05, 0) is 26.2 Å². The van der Waals surface area contributed by atoms with Gasteiger partial charge >= 0.3 is 0 Å². The Bertz CT molecular complexity index is 310. The second kappa shape index (κ2) is 7.66. The van der Waals surface area contributed by atoms with E-state index in [9.17, 15) is 4.79 Å². The Labute approximate surface area is 127 Å². The monoisotopic (exact) mass is 299 g/mol. The van der Waals surface area contributed by atoms with E-state index in [0.717, 1.165) is 13.0 Å². The quantitative estimate of drug-likeness (QED) is 0.782. The topological polar surface area (TPSA) is 58.4 Å². The maximum absolute atomic E-state index is 11.9. The summed E-state index contributed by atoms with van der Waals surface area (Å²) in [5.74, 6) is 2.64. The van der Waals surface area contributed by atoms with Crippen molar-refractivity contribution in [1.82, 2.24) is 10.2 Å². The molecule has 5 heteroatoms. The van der Waals surface area contributed by atoms with Crippen LogP contribution in [0.15, 0.2) is 0 Å². The molecule has 20 heavy (non-hydrogen) atoms. The largest absolute Gasteiger partial charge is 0.354 e. The molecule has 3 N–H and O–H groups in total. The molecule has 4 nitrogen and oxygen atoms in total. The highest BCUT2D eigenvalue weighted by Crippen LogP contribution is 2.36. The van der Waals surface area contributed by atoms with Crippen LogP contribution in [0, 0.1) is 0 Å². The minimum absolute atomic E-state index is 0.111. The number of amides is 1. The van der Waals surface area contributed by atoms with Crippen LogP contribution in [0.2, 0.25) is 0 Å². The van der Waals surface area contributed by atoms with E-state index in [1.54, 1.807) is 0 Å². The molecule has 0 aromatic heterocycles. The summed E-state index contributed by atoms with van der Waals surface area (Å²) < 4.78 is 0. The number of nitrogens with zero attached hydrogens (tertiary/aromatic N) is 1. The van der Waals surface area contributed by atoms with Gasteiger partial charge in [-0.15, -0.1) is 0 Å². The Morgan fingerprint density at radius 3 is 2.60 bits per heavy atom.